The van der Waals surface area contributed by atoms with E-state index in [2.05, 4.69) is 0 Å². The van der Waals surface area contributed by atoms with Gasteiger partial charge in [0.1, 0.15) is 11.5 Å². The lowest BCUT2D eigenvalue weighted by Crippen LogP contribution is -1.91. The zero-order valence-corrected chi connectivity index (χ0v) is 10.7. The largest absolute Gasteiger partial charge is 0.507 e. The molecule has 2 aromatic rings. The number of phenolic OH excluding ortho intramolecular Hbond substituents is 1. The Morgan fingerprint density at radius 3 is 2.22 bits per heavy atom. The van der Waals surface area contributed by atoms with Crippen molar-refractivity contribution in [3.05, 3.63) is 48.5 Å². The molecule has 2 aromatic carbocycles. The number of benzene rings is 2. The van der Waals surface area contributed by atoms with Gasteiger partial charge in [0.25, 0.3) is 0 Å². The highest BCUT2D eigenvalue weighted by Gasteiger charge is 2.13. The van der Waals surface area contributed by atoms with Crippen molar-refractivity contribution in [2.45, 2.75) is 0 Å². The summed E-state index contributed by atoms with van der Waals surface area (Å²) in [6.45, 7) is 0. The van der Waals surface area contributed by atoms with Gasteiger partial charge in [0, 0.05) is 18.2 Å². The molecule has 0 saturated heterocycles. The molecular weight excluding hydrogens is 251 g/mol. The Morgan fingerprint density at radius 2 is 1.56 bits per heavy atom. The third-order valence-electron chi connectivity index (χ3n) is 2.41. The van der Waals surface area contributed by atoms with Gasteiger partial charge in [-0.2, -0.15) is 0 Å². The van der Waals surface area contributed by atoms with E-state index in [-0.39, 0.29) is 5.75 Å². The number of phenols is 1. The topological polar surface area (TPSA) is 58.9 Å². The van der Waals surface area contributed by atoms with Gasteiger partial charge in [0.05, 0.1) is 0 Å². The minimum absolute atomic E-state index is 0.160. The maximum absolute atomic E-state index is 9.84. The Bertz CT molecular complexity index is 530. The van der Waals surface area contributed by atoms with Crippen molar-refractivity contribution in [3.8, 4) is 22.6 Å². The molecule has 1 unspecified atom stereocenters. The highest BCUT2D eigenvalue weighted by Crippen LogP contribution is 2.41. The van der Waals surface area contributed by atoms with Crippen LogP contribution in [-0.4, -0.2) is 17.1 Å². The van der Waals surface area contributed by atoms with Crippen molar-refractivity contribution in [2.24, 2.45) is 0 Å². The average Bonchev–Trinajstić information content (AvgIpc) is 2.40. The first-order chi connectivity index (χ1) is 8.72. The van der Waals surface area contributed by atoms with Gasteiger partial charge in [-0.1, -0.05) is 36.4 Å². The van der Waals surface area contributed by atoms with Gasteiger partial charge in [0.2, 0.25) is 0 Å². The van der Waals surface area contributed by atoms with Crippen molar-refractivity contribution in [1.82, 2.24) is 0 Å². The molecule has 0 heterocycles. The van der Waals surface area contributed by atoms with Crippen LogP contribution in [-0.2, 0) is 4.52 Å². The molecule has 94 valence electrons. The van der Waals surface area contributed by atoms with Crippen LogP contribution < -0.4 is 4.52 Å². The van der Waals surface area contributed by atoms with Crippen LogP contribution >= 0.6 is 8.60 Å². The van der Waals surface area contributed by atoms with Crippen LogP contribution in [0.1, 0.15) is 0 Å². The molecule has 4 nitrogen and oxygen atoms in total. The minimum Gasteiger partial charge on any atom is -0.507 e. The first-order valence-electron chi connectivity index (χ1n) is 5.31. The van der Waals surface area contributed by atoms with Gasteiger partial charge in [-0.15, -0.1) is 0 Å². The smallest absolute Gasteiger partial charge is 0.394 e. The fraction of sp³-hybridized carbons (Fsp3) is 0.0769. The Morgan fingerprint density at radius 1 is 0.944 bits per heavy atom. The lowest BCUT2D eigenvalue weighted by molar-refractivity contribution is 0.317. The highest BCUT2D eigenvalue weighted by molar-refractivity contribution is 7.41. The van der Waals surface area contributed by atoms with Crippen molar-refractivity contribution >= 4 is 8.60 Å². The summed E-state index contributed by atoms with van der Waals surface area (Å²) in [6.07, 6.45) is 0. The van der Waals surface area contributed by atoms with E-state index >= 15 is 0 Å². The summed E-state index contributed by atoms with van der Waals surface area (Å²) in [7, 11) is -0.583. The highest BCUT2D eigenvalue weighted by atomic mass is 31.2. The zero-order valence-electron chi connectivity index (χ0n) is 9.78. The number of aromatic hydroxyl groups is 1. The third-order valence-corrected chi connectivity index (χ3v) is 3.08. The molecule has 0 aliphatic carbocycles. The normalized spacial score (nSPS) is 12.1. The van der Waals surface area contributed by atoms with Crippen LogP contribution in [0.25, 0.3) is 11.1 Å². The van der Waals surface area contributed by atoms with E-state index in [0.717, 1.165) is 0 Å². The van der Waals surface area contributed by atoms with Crippen molar-refractivity contribution in [2.75, 3.05) is 7.11 Å². The average molecular weight is 264 g/mol. The molecular formula is C13H13O4P. The van der Waals surface area contributed by atoms with E-state index in [0.29, 0.717) is 16.9 Å². The van der Waals surface area contributed by atoms with Gasteiger partial charge in [0.15, 0.2) is 0 Å². The van der Waals surface area contributed by atoms with Crippen LogP contribution in [0, 0.1) is 0 Å². The Hall–Kier alpha value is -1.61. The van der Waals surface area contributed by atoms with Crippen molar-refractivity contribution < 1.29 is 19.0 Å². The monoisotopic (exact) mass is 264 g/mol. The molecule has 0 amide bonds. The molecule has 18 heavy (non-hydrogen) atoms. The van der Waals surface area contributed by atoms with Gasteiger partial charge in [-0.25, -0.2) is 0 Å². The zero-order chi connectivity index (χ0) is 13.0. The Labute approximate surface area is 106 Å². The van der Waals surface area contributed by atoms with Gasteiger partial charge in [-0.3, -0.25) is 0 Å². The van der Waals surface area contributed by atoms with E-state index in [1.807, 2.05) is 18.2 Å². The fourth-order valence-electron chi connectivity index (χ4n) is 1.59. The summed E-state index contributed by atoms with van der Waals surface area (Å²) in [4.78, 5) is 9.41. The number of hydrogen-bond acceptors (Lipinski definition) is 4. The summed E-state index contributed by atoms with van der Waals surface area (Å²) >= 11 is 0. The fourth-order valence-corrected chi connectivity index (χ4v) is 1.99. The second kappa shape index (κ2) is 5.83. The number of rotatable bonds is 4. The van der Waals surface area contributed by atoms with E-state index in [9.17, 15) is 10.00 Å². The molecule has 0 radical (unpaired) electrons. The molecule has 0 saturated carbocycles. The molecule has 0 fully saturated rings. The molecule has 0 spiro atoms. The lowest BCUT2D eigenvalue weighted by atomic mass is 10.0. The Balaban J connectivity index is 2.42. The summed E-state index contributed by atoms with van der Waals surface area (Å²) in [5.41, 5.74) is 1.35. The molecule has 0 aromatic heterocycles. The second-order valence-electron chi connectivity index (χ2n) is 3.53. The Kier molecular flexibility index (Phi) is 4.15. The predicted octanol–water partition coefficient (Wildman–Crippen LogP) is 3.30. The molecule has 2 N–H and O–H groups in total. The maximum atomic E-state index is 9.84. The molecule has 0 bridgehead atoms. The standard InChI is InChI=1S/C13H13O4P/c1-16-18(15)17-13-9-5-3-7-11(13)10-6-2-4-8-12(10)14/h2-9,14-15H,1H3. The van der Waals surface area contributed by atoms with Gasteiger partial charge in [-0.05, 0) is 12.1 Å². The van der Waals surface area contributed by atoms with Crippen LogP contribution in [0.15, 0.2) is 48.5 Å². The molecule has 5 heteroatoms. The number of hydrogen-bond donors (Lipinski definition) is 2. The SMILES string of the molecule is COP(O)Oc1ccccc1-c1ccccc1O. The molecule has 1 atom stereocenters. The van der Waals surface area contributed by atoms with Crippen LogP contribution in [0.2, 0.25) is 0 Å². The second-order valence-corrected chi connectivity index (χ2v) is 4.55. The summed E-state index contributed by atoms with van der Waals surface area (Å²) in [6, 6.07) is 14.1. The van der Waals surface area contributed by atoms with E-state index < -0.39 is 8.60 Å². The minimum atomic E-state index is -1.95. The van der Waals surface area contributed by atoms with E-state index in [1.165, 1.54) is 7.11 Å². The summed E-state index contributed by atoms with van der Waals surface area (Å²) in [5, 5.41) is 9.84. The van der Waals surface area contributed by atoms with Crippen LogP contribution in [0.5, 0.6) is 11.5 Å². The predicted molar refractivity (Wildman–Crippen MR) is 70.3 cm³/mol. The van der Waals surface area contributed by atoms with Crippen LogP contribution in [0.3, 0.4) is 0 Å². The first-order valence-corrected chi connectivity index (χ1v) is 6.44. The summed E-state index contributed by atoms with van der Waals surface area (Å²) < 4.78 is 10.0. The van der Waals surface area contributed by atoms with Crippen LogP contribution in [0.4, 0.5) is 0 Å². The maximum Gasteiger partial charge on any atom is 0.394 e. The third kappa shape index (κ3) is 2.79. The lowest BCUT2D eigenvalue weighted by Gasteiger charge is -2.13. The van der Waals surface area contributed by atoms with Crippen molar-refractivity contribution in [3.63, 3.8) is 0 Å². The van der Waals surface area contributed by atoms with Gasteiger partial charge >= 0.3 is 8.60 Å². The summed E-state index contributed by atoms with van der Waals surface area (Å²) in [5.74, 6) is 0.627. The number of para-hydroxylation sites is 2. The first kappa shape index (κ1) is 12.8. The molecule has 2 rings (SSSR count). The van der Waals surface area contributed by atoms with Gasteiger partial charge < -0.3 is 19.0 Å². The quantitative estimate of drug-likeness (QED) is 0.832. The van der Waals surface area contributed by atoms with Crippen molar-refractivity contribution in [1.29, 1.82) is 0 Å². The van der Waals surface area contributed by atoms with E-state index in [4.69, 9.17) is 9.05 Å². The molecule has 0 aliphatic rings. The van der Waals surface area contributed by atoms with E-state index in [1.54, 1.807) is 30.3 Å². The molecule has 0 aliphatic heterocycles.